The molecule has 1 aliphatic carbocycles. The fourth-order valence-electron chi connectivity index (χ4n) is 4.48. The molecule has 0 saturated heterocycles. The van der Waals surface area contributed by atoms with Gasteiger partial charge in [0.1, 0.15) is 11.5 Å². The number of phenolic OH excluding ortho intramolecular Hbond substituents is 2. The third kappa shape index (κ3) is 8.37. The van der Waals surface area contributed by atoms with Crippen LogP contribution in [0.1, 0.15) is 107 Å². The molecule has 1 aromatic carbocycles. The lowest BCUT2D eigenvalue weighted by molar-refractivity contribution is 0.0431. The topological polar surface area (TPSA) is 60.7 Å². The summed E-state index contributed by atoms with van der Waals surface area (Å²) in [7, 11) is 0. The maximum Gasteiger partial charge on any atom is 0.122 e. The number of rotatable bonds is 12. The lowest BCUT2D eigenvalue weighted by Crippen LogP contribution is -2.24. The molecule has 2 rings (SSSR count). The number of aliphatic hydroxyl groups is 1. The van der Waals surface area contributed by atoms with E-state index in [1.165, 1.54) is 43.3 Å². The van der Waals surface area contributed by atoms with Crippen LogP contribution in [-0.2, 0) is 6.42 Å². The van der Waals surface area contributed by atoms with Crippen molar-refractivity contribution in [2.75, 3.05) is 0 Å². The summed E-state index contributed by atoms with van der Waals surface area (Å²) in [6, 6.07) is 0. The number of aromatic hydroxyl groups is 2. The largest absolute Gasteiger partial charge is 0.507 e. The Labute approximate surface area is 201 Å². The Morgan fingerprint density at radius 1 is 0.818 bits per heavy atom. The zero-order valence-electron chi connectivity index (χ0n) is 21.9. The summed E-state index contributed by atoms with van der Waals surface area (Å²) in [6.45, 7) is 11.8. The highest BCUT2D eigenvalue weighted by molar-refractivity contribution is 5.56. The minimum atomic E-state index is -0.810. The summed E-state index contributed by atoms with van der Waals surface area (Å²) in [6.07, 6.45) is 18.2. The van der Waals surface area contributed by atoms with Gasteiger partial charge < -0.3 is 15.3 Å². The Hall–Kier alpha value is -2.00. The van der Waals surface area contributed by atoms with Crippen molar-refractivity contribution in [3.63, 3.8) is 0 Å². The van der Waals surface area contributed by atoms with Crippen LogP contribution in [0.2, 0.25) is 0 Å². The lowest BCUT2D eigenvalue weighted by Gasteiger charge is -2.24. The first-order valence-electron chi connectivity index (χ1n) is 12.7. The Balaban J connectivity index is 1.76. The summed E-state index contributed by atoms with van der Waals surface area (Å²) in [4.78, 5) is 0. The van der Waals surface area contributed by atoms with Crippen LogP contribution < -0.4 is 0 Å². The molecular weight excluding hydrogens is 408 g/mol. The Morgan fingerprint density at radius 3 is 2.00 bits per heavy atom. The molecule has 1 aliphatic rings. The lowest BCUT2D eigenvalue weighted by atomic mass is 9.88. The third-order valence-corrected chi connectivity index (χ3v) is 7.45. The summed E-state index contributed by atoms with van der Waals surface area (Å²) in [5.41, 5.74) is 6.59. The van der Waals surface area contributed by atoms with E-state index in [2.05, 4.69) is 32.1 Å². The third-order valence-electron chi connectivity index (χ3n) is 7.45. The van der Waals surface area contributed by atoms with Gasteiger partial charge in [-0.15, -0.1) is 0 Å². The average Bonchev–Trinajstić information content (AvgIpc) is 2.72. The molecule has 1 unspecified atom stereocenters. The van der Waals surface area contributed by atoms with Crippen molar-refractivity contribution in [2.24, 2.45) is 0 Å². The normalized spacial score (nSPS) is 16.5. The maximum atomic E-state index is 10.9. The van der Waals surface area contributed by atoms with E-state index < -0.39 is 5.60 Å². The first kappa shape index (κ1) is 27.2. The summed E-state index contributed by atoms with van der Waals surface area (Å²) >= 11 is 0. The highest BCUT2D eigenvalue weighted by Crippen LogP contribution is 2.37. The summed E-state index contributed by atoms with van der Waals surface area (Å²) in [5.74, 6) is 0.496. The van der Waals surface area contributed by atoms with Crippen molar-refractivity contribution >= 4 is 0 Å². The second-order valence-corrected chi connectivity index (χ2v) is 10.5. The quantitative estimate of drug-likeness (QED) is 0.221. The molecule has 184 valence electrons. The van der Waals surface area contributed by atoms with E-state index in [0.29, 0.717) is 30.4 Å². The molecule has 3 heteroatoms. The molecule has 0 aliphatic heterocycles. The summed E-state index contributed by atoms with van der Waals surface area (Å²) in [5, 5.41) is 31.7. The molecule has 33 heavy (non-hydrogen) atoms. The summed E-state index contributed by atoms with van der Waals surface area (Å²) < 4.78 is 0. The van der Waals surface area contributed by atoms with Gasteiger partial charge in [-0.2, -0.15) is 0 Å². The Bertz CT molecular complexity index is 865. The van der Waals surface area contributed by atoms with Crippen LogP contribution in [0.25, 0.3) is 0 Å². The highest BCUT2D eigenvalue weighted by Gasteiger charge is 2.23. The molecule has 0 amide bonds. The van der Waals surface area contributed by atoms with Gasteiger partial charge in [-0.05, 0) is 129 Å². The molecule has 1 fully saturated rings. The minimum Gasteiger partial charge on any atom is -0.507 e. The van der Waals surface area contributed by atoms with Gasteiger partial charge in [-0.25, -0.2) is 0 Å². The van der Waals surface area contributed by atoms with Crippen molar-refractivity contribution in [3.8, 4) is 11.5 Å². The first-order chi connectivity index (χ1) is 15.5. The standard InChI is InChI=1S/C30H46O3/c1-21(13-8-15-26-16-9-17-26)11-7-12-22(2)14-10-19-30(6,33)20-18-27-25(5)28(31)23(3)24(4)29(27)32/h11,14-15,31-33H,7-10,12-13,16-20H2,1-6H3/b21-11+,22-14+. The van der Waals surface area contributed by atoms with Crippen LogP contribution in [0.15, 0.2) is 34.9 Å². The molecular formula is C30H46O3. The van der Waals surface area contributed by atoms with E-state index in [4.69, 9.17) is 0 Å². The van der Waals surface area contributed by atoms with Crippen molar-refractivity contribution in [1.29, 1.82) is 0 Å². The van der Waals surface area contributed by atoms with Gasteiger partial charge in [0.05, 0.1) is 5.60 Å². The SMILES string of the molecule is C/C(=C\CC/C(C)=C/CCC(C)(O)CCc1c(C)c(O)c(C)c(C)c1O)CCC=C1CCC1. The van der Waals surface area contributed by atoms with E-state index in [-0.39, 0.29) is 11.5 Å². The van der Waals surface area contributed by atoms with E-state index >= 15 is 0 Å². The zero-order chi connectivity index (χ0) is 24.6. The molecule has 0 spiro atoms. The van der Waals surface area contributed by atoms with Gasteiger partial charge in [0.2, 0.25) is 0 Å². The van der Waals surface area contributed by atoms with Gasteiger partial charge >= 0.3 is 0 Å². The van der Waals surface area contributed by atoms with Gasteiger partial charge in [-0.1, -0.05) is 34.9 Å². The monoisotopic (exact) mass is 454 g/mol. The van der Waals surface area contributed by atoms with Crippen molar-refractivity contribution in [2.45, 2.75) is 118 Å². The molecule has 1 aromatic rings. The smallest absolute Gasteiger partial charge is 0.122 e. The van der Waals surface area contributed by atoms with Crippen LogP contribution >= 0.6 is 0 Å². The molecule has 0 radical (unpaired) electrons. The number of phenols is 2. The first-order valence-corrected chi connectivity index (χ1v) is 12.7. The molecule has 0 aromatic heterocycles. The van der Waals surface area contributed by atoms with E-state index in [0.717, 1.165) is 30.4 Å². The zero-order valence-corrected chi connectivity index (χ0v) is 21.9. The van der Waals surface area contributed by atoms with E-state index in [1.54, 1.807) is 5.57 Å². The number of benzene rings is 1. The van der Waals surface area contributed by atoms with Crippen molar-refractivity contribution in [1.82, 2.24) is 0 Å². The predicted molar refractivity (Wildman–Crippen MR) is 140 cm³/mol. The molecule has 0 heterocycles. The fraction of sp³-hybridized carbons (Fsp3) is 0.600. The van der Waals surface area contributed by atoms with Gasteiger partial charge in [0, 0.05) is 5.56 Å². The second kappa shape index (κ2) is 12.5. The number of allylic oxidation sites excluding steroid dienone is 6. The number of hydrogen-bond acceptors (Lipinski definition) is 3. The van der Waals surface area contributed by atoms with Gasteiger partial charge in [0.15, 0.2) is 0 Å². The van der Waals surface area contributed by atoms with Crippen LogP contribution in [0.5, 0.6) is 11.5 Å². The molecule has 3 N–H and O–H groups in total. The van der Waals surface area contributed by atoms with Gasteiger partial charge in [-0.3, -0.25) is 0 Å². The maximum absolute atomic E-state index is 10.9. The fourth-order valence-corrected chi connectivity index (χ4v) is 4.48. The van der Waals surface area contributed by atoms with Crippen LogP contribution in [-0.4, -0.2) is 20.9 Å². The highest BCUT2D eigenvalue weighted by atomic mass is 16.3. The second-order valence-electron chi connectivity index (χ2n) is 10.5. The Kier molecular flexibility index (Phi) is 10.3. The minimum absolute atomic E-state index is 0.248. The molecule has 3 nitrogen and oxygen atoms in total. The van der Waals surface area contributed by atoms with E-state index in [9.17, 15) is 15.3 Å². The van der Waals surface area contributed by atoms with Gasteiger partial charge in [0.25, 0.3) is 0 Å². The molecule has 0 bridgehead atoms. The molecule has 1 atom stereocenters. The van der Waals surface area contributed by atoms with E-state index in [1.807, 2.05) is 27.7 Å². The van der Waals surface area contributed by atoms with Crippen LogP contribution in [0.3, 0.4) is 0 Å². The Morgan fingerprint density at radius 2 is 1.39 bits per heavy atom. The van der Waals surface area contributed by atoms with Crippen LogP contribution in [0.4, 0.5) is 0 Å². The van der Waals surface area contributed by atoms with Crippen LogP contribution in [0, 0.1) is 20.8 Å². The van der Waals surface area contributed by atoms with Crippen molar-refractivity contribution in [3.05, 3.63) is 57.2 Å². The average molecular weight is 455 g/mol. The van der Waals surface area contributed by atoms with Crippen molar-refractivity contribution < 1.29 is 15.3 Å². The number of hydrogen-bond donors (Lipinski definition) is 3. The molecule has 1 saturated carbocycles. The predicted octanol–water partition coefficient (Wildman–Crippen LogP) is 8.05.